The first-order chi connectivity index (χ1) is 9.55. The molecule has 2 heterocycles. The lowest BCUT2D eigenvalue weighted by Gasteiger charge is -2.42. The molecule has 1 aromatic rings. The van der Waals surface area contributed by atoms with Gasteiger partial charge in [-0.25, -0.2) is 0 Å². The van der Waals surface area contributed by atoms with Crippen LogP contribution in [0.1, 0.15) is 44.3 Å². The van der Waals surface area contributed by atoms with Crippen molar-refractivity contribution in [1.82, 2.24) is 15.0 Å². The van der Waals surface area contributed by atoms with Gasteiger partial charge < -0.3 is 14.0 Å². The van der Waals surface area contributed by atoms with Crippen LogP contribution in [0.2, 0.25) is 0 Å². The van der Waals surface area contributed by atoms with Crippen LogP contribution in [0.15, 0.2) is 4.52 Å². The number of methoxy groups -OCH3 is 1. The third-order valence-electron chi connectivity index (χ3n) is 3.69. The second kappa shape index (κ2) is 5.42. The van der Waals surface area contributed by atoms with Crippen molar-refractivity contribution >= 4 is 0 Å². The fourth-order valence-corrected chi connectivity index (χ4v) is 2.84. The summed E-state index contributed by atoms with van der Waals surface area (Å²) in [6.07, 6.45) is 2.48. The SMILES string of the molecule is COC[C@H]1CN(Cc2nc(C3CC3)no2)CC(C)(C)O1. The van der Waals surface area contributed by atoms with Crippen molar-refractivity contribution in [3.63, 3.8) is 0 Å². The van der Waals surface area contributed by atoms with Gasteiger partial charge in [0.25, 0.3) is 0 Å². The molecule has 0 amide bonds. The molecule has 1 aliphatic carbocycles. The molecule has 1 saturated carbocycles. The average Bonchev–Trinajstić information content (AvgIpc) is 3.09. The van der Waals surface area contributed by atoms with E-state index in [2.05, 4.69) is 28.9 Å². The molecule has 112 valence electrons. The van der Waals surface area contributed by atoms with Crippen molar-refractivity contribution in [2.75, 3.05) is 26.8 Å². The van der Waals surface area contributed by atoms with E-state index in [0.717, 1.165) is 18.9 Å². The van der Waals surface area contributed by atoms with Crippen LogP contribution < -0.4 is 0 Å². The second-order valence-electron chi connectivity index (χ2n) is 6.45. The number of nitrogens with zero attached hydrogens (tertiary/aromatic N) is 3. The average molecular weight is 281 g/mol. The minimum absolute atomic E-state index is 0.0922. The van der Waals surface area contributed by atoms with Gasteiger partial charge in [-0.05, 0) is 26.7 Å². The number of morpholine rings is 1. The third kappa shape index (κ3) is 3.37. The Morgan fingerprint density at radius 3 is 2.90 bits per heavy atom. The first-order valence-corrected chi connectivity index (χ1v) is 7.27. The number of hydrogen-bond acceptors (Lipinski definition) is 6. The first kappa shape index (κ1) is 14.0. The van der Waals surface area contributed by atoms with Gasteiger partial charge in [0.2, 0.25) is 5.89 Å². The molecule has 6 nitrogen and oxygen atoms in total. The van der Waals surface area contributed by atoms with Crippen molar-refractivity contribution in [3.8, 4) is 0 Å². The summed E-state index contributed by atoms with van der Waals surface area (Å²) >= 11 is 0. The van der Waals surface area contributed by atoms with Gasteiger partial charge in [0.15, 0.2) is 5.82 Å². The van der Waals surface area contributed by atoms with Gasteiger partial charge in [-0.3, -0.25) is 4.90 Å². The highest BCUT2D eigenvalue weighted by molar-refractivity contribution is 5.03. The Labute approximate surface area is 119 Å². The molecule has 6 heteroatoms. The monoisotopic (exact) mass is 281 g/mol. The molecular weight excluding hydrogens is 258 g/mol. The molecule has 1 aliphatic heterocycles. The van der Waals surface area contributed by atoms with Gasteiger partial charge in [0.1, 0.15) is 0 Å². The van der Waals surface area contributed by atoms with Gasteiger partial charge in [-0.15, -0.1) is 0 Å². The summed E-state index contributed by atoms with van der Waals surface area (Å²) in [7, 11) is 1.70. The van der Waals surface area contributed by atoms with Crippen LogP contribution in [0.3, 0.4) is 0 Å². The third-order valence-corrected chi connectivity index (χ3v) is 3.69. The fourth-order valence-electron chi connectivity index (χ4n) is 2.84. The Morgan fingerprint density at radius 2 is 2.20 bits per heavy atom. The normalized spacial score (nSPS) is 26.9. The predicted octanol–water partition coefficient (Wildman–Crippen LogP) is 1.57. The fraction of sp³-hybridized carbons (Fsp3) is 0.857. The lowest BCUT2D eigenvalue weighted by molar-refractivity contribution is -0.155. The summed E-state index contributed by atoms with van der Waals surface area (Å²) in [4.78, 5) is 6.80. The molecule has 0 N–H and O–H groups in total. The number of rotatable bonds is 5. The molecule has 20 heavy (non-hydrogen) atoms. The van der Waals surface area contributed by atoms with Crippen LogP contribution in [0.25, 0.3) is 0 Å². The maximum atomic E-state index is 6.00. The van der Waals surface area contributed by atoms with Crippen LogP contribution >= 0.6 is 0 Å². The van der Waals surface area contributed by atoms with Gasteiger partial charge in [0.05, 0.1) is 24.9 Å². The summed E-state index contributed by atoms with van der Waals surface area (Å²) < 4.78 is 16.6. The van der Waals surface area contributed by atoms with E-state index in [1.54, 1.807) is 7.11 Å². The maximum Gasteiger partial charge on any atom is 0.240 e. The van der Waals surface area contributed by atoms with E-state index in [4.69, 9.17) is 14.0 Å². The molecule has 3 rings (SSSR count). The number of aromatic nitrogens is 2. The summed E-state index contributed by atoms with van der Waals surface area (Å²) in [5.41, 5.74) is -0.180. The molecule has 1 atom stereocenters. The topological polar surface area (TPSA) is 60.6 Å². The molecule has 2 aliphatic rings. The smallest absolute Gasteiger partial charge is 0.240 e. The Bertz CT molecular complexity index is 456. The summed E-state index contributed by atoms with van der Waals surface area (Å²) in [5.74, 6) is 2.12. The Kier molecular flexibility index (Phi) is 3.79. The summed E-state index contributed by atoms with van der Waals surface area (Å²) in [6.45, 7) is 7.19. The number of ether oxygens (including phenoxy) is 2. The minimum atomic E-state index is -0.180. The zero-order chi connectivity index (χ0) is 14.2. The Morgan fingerprint density at radius 1 is 1.40 bits per heavy atom. The minimum Gasteiger partial charge on any atom is -0.382 e. The van der Waals surface area contributed by atoms with Crippen LogP contribution in [-0.4, -0.2) is 53.6 Å². The standard InChI is InChI=1S/C14H23N3O3/c1-14(2)9-17(6-11(19-14)8-18-3)7-12-15-13(16-20-12)10-4-5-10/h10-11H,4-9H2,1-3H3/t11-/m1/s1. The largest absolute Gasteiger partial charge is 0.382 e. The second-order valence-corrected chi connectivity index (χ2v) is 6.45. The van der Waals surface area contributed by atoms with E-state index in [1.165, 1.54) is 12.8 Å². The van der Waals surface area contributed by atoms with E-state index in [9.17, 15) is 0 Å². The summed E-state index contributed by atoms with van der Waals surface area (Å²) in [6, 6.07) is 0. The van der Waals surface area contributed by atoms with Crippen molar-refractivity contribution in [1.29, 1.82) is 0 Å². The van der Waals surface area contributed by atoms with Crippen molar-refractivity contribution in [2.45, 2.75) is 50.9 Å². The van der Waals surface area contributed by atoms with Gasteiger partial charge in [0, 0.05) is 26.1 Å². The van der Waals surface area contributed by atoms with Gasteiger partial charge in [-0.2, -0.15) is 4.98 Å². The van der Waals surface area contributed by atoms with E-state index < -0.39 is 0 Å². The van der Waals surface area contributed by atoms with Crippen LogP contribution in [0, 0.1) is 0 Å². The first-order valence-electron chi connectivity index (χ1n) is 7.27. The highest BCUT2D eigenvalue weighted by Gasteiger charge is 2.34. The molecule has 1 aromatic heterocycles. The zero-order valence-corrected chi connectivity index (χ0v) is 12.5. The maximum absolute atomic E-state index is 6.00. The Balaban J connectivity index is 1.62. The molecule has 0 spiro atoms. The molecule has 0 unspecified atom stereocenters. The van der Waals surface area contributed by atoms with Crippen LogP contribution in [0.4, 0.5) is 0 Å². The quantitative estimate of drug-likeness (QED) is 0.816. The van der Waals surface area contributed by atoms with Gasteiger partial charge >= 0.3 is 0 Å². The Hall–Kier alpha value is -0.980. The number of hydrogen-bond donors (Lipinski definition) is 0. The van der Waals surface area contributed by atoms with E-state index in [1.807, 2.05) is 0 Å². The zero-order valence-electron chi connectivity index (χ0n) is 12.5. The predicted molar refractivity (Wildman–Crippen MR) is 72.4 cm³/mol. The van der Waals surface area contributed by atoms with E-state index in [0.29, 0.717) is 25.0 Å². The lowest BCUT2D eigenvalue weighted by atomic mass is 10.1. The van der Waals surface area contributed by atoms with Crippen molar-refractivity contribution in [2.24, 2.45) is 0 Å². The molecule has 1 saturated heterocycles. The van der Waals surface area contributed by atoms with Crippen molar-refractivity contribution in [3.05, 3.63) is 11.7 Å². The highest BCUT2D eigenvalue weighted by atomic mass is 16.5. The molecule has 2 fully saturated rings. The van der Waals surface area contributed by atoms with E-state index >= 15 is 0 Å². The van der Waals surface area contributed by atoms with Crippen LogP contribution in [0.5, 0.6) is 0 Å². The molecule has 0 aromatic carbocycles. The lowest BCUT2D eigenvalue weighted by Crippen LogP contribution is -2.53. The van der Waals surface area contributed by atoms with Gasteiger partial charge in [-0.1, -0.05) is 5.16 Å². The molecule has 0 radical (unpaired) electrons. The van der Waals surface area contributed by atoms with E-state index in [-0.39, 0.29) is 11.7 Å². The highest BCUT2D eigenvalue weighted by Crippen LogP contribution is 2.38. The summed E-state index contributed by atoms with van der Waals surface area (Å²) in [5, 5.41) is 4.07. The van der Waals surface area contributed by atoms with Crippen molar-refractivity contribution < 1.29 is 14.0 Å². The molecule has 0 bridgehead atoms. The van der Waals surface area contributed by atoms with Crippen LogP contribution in [-0.2, 0) is 16.0 Å². The molecular formula is C14H23N3O3.